The highest BCUT2D eigenvalue weighted by molar-refractivity contribution is 6.36. The highest BCUT2D eigenvalue weighted by Crippen LogP contribution is 2.34. The van der Waals surface area contributed by atoms with E-state index in [0.29, 0.717) is 21.4 Å². The number of anilines is 3. The van der Waals surface area contributed by atoms with Gasteiger partial charge in [-0.3, -0.25) is 0 Å². The number of nitrogens with two attached hydrogens (primary N) is 1. The Morgan fingerprint density at radius 2 is 1.86 bits per heavy atom. The molecule has 0 heterocycles. The van der Waals surface area contributed by atoms with E-state index in [9.17, 15) is 4.39 Å². The van der Waals surface area contributed by atoms with Gasteiger partial charge in [0, 0.05) is 17.2 Å². The molecule has 112 valence electrons. The number of hydrogen-bond acceptors (Lipinski definition) is 3. The van der Waals surface area contributed by atoms with Gasteiger partial charge in [-0.25, -0.2) is 4.39 Å². The second kappa shape index (κ2) is 6.41. The summed E-state index contributed by atoms with van der Waals surface area (Å²) in [4.78, 5) is 0. The lowest BCUT2D eigenvalue weighted by molar-refractivity contribution is 0.231. The van der Waals surface area contributed by atoms with Crippen molar-refractivity contribution in [2.45, 2.75) is 20.0 Å². The van der Waals surface area contributed by atoms with Crippen LogP contribution in [-0.2, 0) is 0 Å². The Bertz CT molecular complexity index is 662. The zero-order chi connectivity index (χ0) is 15.6. The fourth-order valence-electron chi connectivity index (χ4n) is 1.76. The predicted octanol–water partition coefficient (Wildman–Crippen LogP) is 5.25. The van der Waals surface area contributed by atoms with Crippen molar-refractivity contribution in [1.29, 1.82) is 0 Å². The van der Waals surface area contributed by atoms with Crippen LogP contribution in [0.4, 0.5) is 21.5 Å². The van der Waals surface area contributed by atoms with E-state index in [-0.39, 0.29) is 17.5 Å². The molecule has 0 aliphatic rings. The fourth-order valence-corrected chi connectivity index (χ4v) is 2.21. The number of hydrogen-bond donors (Lipinski definition) is 2. The van der Waals surface area contributed by atoms with Gasteiger partial charge in [-0.05, 0) is 32.0 Å². The molecular weight excluding hydrogens is 314 g/mol. The predicted molar refractivity (Wildman–Crippen MR) is 86.3 cm³/mol. The maximum absolute atomic E-state index is 13.8. The van der Waals surface area contributed by atoms with Crippen LogP contribution < -0.4 is 15.8 Å². The van der Waals surface area contributed by atoms with Crippen LogP contribution in [0.15, 0.2) is 30.3 Å². The summed E-state index contributed by atoms with van der Waals surface area (Å²) in [6.07, 6.45) is -0.143. The van der Waals surface area contributed by atoms with E-state index in [1.807, 2.05) is 13.8 Å². The molecule has 21 heavy (non-hydrogen) atoms. The molecule has 0 aliphatic heterocycles. The quantitative estimate of drug-likeness (QED) is 0.754. The topological polar surface area (TPSA) is 47.3 Å². The standard InChI is InChI=1S/C15H15Cl2FN2O/c1-8(2)21-15-7-14(12(19)6-11(15)18)20-13-4-3-9(16)5-10(13)17/h3-8,20H,19H2,1-2H3. The van der Waals surface area contributed by atoms with Crippen molar-refractivity contribution >= 4 is 40.3 Å². The molecule has 3 N–H and O–H groups in total. The van der Waals surface area contributed by atoms with E-state index in [1.54, 1.807) is 18.2 Å². The summed E-state index contributed by atoms with van der Waals surface area (Å²) in [6, 6.07) is 7.74. The minimum absolute atomic E-state index is 0.131. The van der Waals surface area contributed by atoms with Gasteiger partial charge in [-0.15, -0.1) is 0 Å². The van der Waals surface area contributed by atoms with E-state index in [0.717, 1.165) is 0 Å². The molecule has 6 heteroatoms. The van der Waals surface area contributed by atoms with Gasteiger partial charge in [0.15, 0.2) is 11.6 Å². The van der Waals surface area contributed by atoms with Gasteiger partial charge >= 0.3 is 0 Å². The smallest absolute Gasteiger partial charge is 0.167 e. The molecule has 0 atom stereocenters. The van der Waals surface area contributed by atoms with Crippen LogP contribution in [0.25, 0.3) is 0 Å². The van der Waals surface area contributed by atoms with Gasteiger partial charge in [0.1, 0.15) is 0 Å². The Labute approximate surface area is 132 Å². The van der Waals surface area contributed by atoms with E-state index < -0.39 is 5.82 Å². The van der Waals surface area contributed by atoms with Crippen molar-refractivity contribution in [2.24, 2.45) is 0 Å². The monoisotopic (exact) mass is 328 g/mol. The molecule has 0 fully saturated rings. The summed E-state index contributed by atoms with van der Waals surface area (Å²) in [5, 5.41) is 4.02. The lowest BCUT2D eigenvalue weighted by atomic mass is 10.2. The second-order valence-corrected chi connectivity index (χ2v) is 5.63. The molecule has 0 bridgehead atoms. The molecule has 0 saturated heterocycles. The normalized spacial score (nSPS) is 10.8. The van der Waals surface area contributed by atoms with Gasteiger partial charge in [0.2, 0.25) is 0 Å². The second-order valence-electron chi connectivity index (χ2n) is 4.79. The minimum atomic E-state index is -0.506. The first-order chi connectivity index (χ1) is 9.86. The summed E-state index contributed by atoms with van der Waals surface area (Å²) in [7, 11) is 0. The van der Waals surface area contributed by atoms with Crippen LogP contribution >= 0.6 is 23.2 Å². The molecule has 0 unspecified atom stereocenters. The zero-order valence-corrected chi connectivity index (χ0v) is 13.1. The highest BCUT2D eigenvalue weighted by atomic mass is 35.5. The first-order valence-electron chi connectivity index (χ1n) is 6.34. The van der Waals surface area contributed by atoms with Crippen LogP contribution in [0.5, 0.6) is 5.75 Å². The van der Waals surface area contributed by atoms with E-state index in [2.05, 4.69) is 5.32 Å². The summed E-state index contributed by atoms with van der Waals surface area (Å²) in [6.45, 7) is 3.64. The summed E-state index contributed by atoms with van der Waals surface area (Å²) in [5.41, 5.74) is 7.21. The van der Waals surface area contributed by atoms with Crippen molar-refractivity contribution in [3.05, 3.63) is 46.2 Å². The van der Waals surface area contributed by atoms with E-state index in [4.69, 9.17) is 33.7 Å². The van der Waals surface area contributed by atoms with Crippen molar-refractivity contribution in [2.75, 3.05) is 11.1 Å². The summed E-state index contributed by atoms with van der Waals surface area (Å²) < 4.78 is 19.2. The van der Waals surface area contributed by atoms with Gasteiger partial charge in [0.05, 0.1) is 28.2 Å². The molecule has 0 spiro atoms. The minimum Gasteiger partial charge on any atom is -0.488 e. The Morgan fingerprint density at radius 3 is 2.48 bits per heavy atom. The van der Waals surface area contributed by atoms with Crippen molar-refractivity contribution in [1.82, 2.24) is 0 Å². The number of nitrogen functional groups attached to an aromatic ring is 1. The third-order valence-corrected chi connectivity index (χ3v) is 3.21. The van der Waals surface area contributed by atoms with Gasteiger partial charge in [-0.2, -0.15) is 0 Å². The molecule has 3 nitrogen and oxygen atoms in total. The van der Waals surface area contributed by atoms with Crippen LogP contribution in [0.1, 0.15) is 13.8 Å². The SMILES string of the molecule is CC(C)Oc1cc(Nc2ccc(Cl)cc2Cl)c(N)cc1F. The fraction of sp³-hybridized carbons (Fsp3) is 0.200. The Kier molecular flexibility index (Phi) is 4.80. The maximum Gasteiger partial charge on any atom is 0.167 e. The van der Waals surface area contributed by atoms with Crippen molar-refractivity contribution in [3.63, 3.8) is 0 Å². The number of ether oxygens (including phenoxy) is 1. The molecule has 2 rings (SSSR count). The molecule has 0 radical (unpaired) electrons. The third-order valence-electron chi connectivity index (χ3n) is 2.67. The Hall–Kier alpha value is -1.65. The molecule has 0 aromatic heterocycles. The average Bonchev–Trinajstić information content (AvgIpc) is 2.37. The van der Waals surface area contributed by atoms with E-state index in [1.165, 1.54) is 12.1 Å². The number of benzene rings is 2. The summed E-state index contributed by atoms with van der Waals surface area (Å²) in [5.74, 6) is -0.374. The summed E-state index contributed by atoms with van der Waals surface area (Å²) >= 11 is 11.9. The zero-order valence-electron chi connectivity index (χ0n) is 11.6. The van der Waals surface area contributed by atoms with Crippen LogP contribution in [-0.4, -0.2) is 6.10 Å². The molecule has 2 aromatic carbocycles. The van der Waals surface area contributed by atoms with Crippen LogP contribution in [0.2, 0.25) is 10.0 Å². The average molecular weight is 329 g/mol. The first-order valence-corrected chi connectivity index (χ1v) is 7.10. The van der Waals surface area contributed by atoms with Gasteiger partial charge < -0.3 is 15.8 Å². The van der Waals surface area contributed by atoms with Gasteiger partial charge in [-0.1, -0.05) is 23.2 Å². The number of nitrogens with one attached hydrogen (secondary N) is 1. The highest BCUT2D eigenvalue weighted by Gasteiger charge is 2.12. The van der Waals surface area contributed by atoms with Gasteiger partial charge in [0.25, 0.3) is 0 Å². The number of halogens is 3. The molecule has 2 aromatic rings. The lowest BCUT2D eigenvalue weighted by Gasteiger charge is -2.15. The molecule has 0 amide bonds. The Balaban J connectivity index is 2.34. The first kappa shape index (κ1) is 15.7. The molecular formula is C15H15Cl2FN2O. The van der Waals surface area contributed by atoms with E-state index >= 15 is 0 Å². The molecule has 0 aliphatic carbocycles. The third kappa shape index (κ3) is 3.93. The van der Waals surface area contributed by atoms with Crippen LogP contribution in [0.3, 0.4) is 0 Å². The largest absolute Gasteiger partial charge is 0.488 e. The van der Waals surface area contributed by atoms with Crippen LogP contribution in [0, 0.1) is 5.82 Å². The van der Waals surface area contributed by atoms with Crippen molar-refractivity contribution < 1.29 is 9.13 Å². The number of rotatable bonds is 4. The molecule has 0 saturated carbocycles. The van der Waals surface area contributed by atoms with Crippen molar-refractivity contribution in [3.8, 4) is 5.75 Å². The lowest BCUT2D eigenvalue weighted by Crippen LogP contribution is -2.08. The maximum atomic E-state index is 13.8. The Morgan fingerprint density at radius 1 is 1.14 bits per heavy atom.